The number of nitrogens with one attached hydrogen (secondary N) is 1. The molecular weight excluding hydrogens is 254 g/mol. The summed E-state index contributed by atoms with van der Waals surface area (Å²) in [5.74, 6) is -0.751. The molecule has 1 aliphatic carbocycles. The van der Waals surface area contributed by atoms with E-state index in [1.165, 1.54) is 6.08 Å². The number of carbonyl (C=O) groups is 2. The SMILES string of the molecule is CC1(C)CC1C(=O)NCc1cccc(/C=C/C(=O)O)c1. The van der Waals surface area contributed by atoms with E-state index in [2.05, 4.69) is 19.2 Å². The van der Waals surface area contributed by atoms with Gasteiger partial charge in [0.05, 0.1) is 0 Å². The molecule has 4 heteroatoms. The van der Waals surface area contributed by atoms with Crippen molar-refractivity contribution < 1.29 is 14.7 Å². The Morgan fingerprint density at radius 3 is 2.75 bits per heavy atom. The molecule has 1 aromatic carbocycles. The Morgan fingerprint density at radius 2 is 2.15 bits per heavy atom. The lowest BCUT2D eigenvalue weighted by atomic mass is 10.1. The largest absolute Gasteiger partial charge is 0.478 e. The van der Waals surface area contributed by atoms with Crippen molar-refractivity contribution >= 4 is 18.0 Å². The summed E-state index contributed by atoms with van der Waals surface area (Å²) in [6.07, 6.45) is 3.59. The summed E-state index contributed by atoms with van der Waals surface area (Å²) in [6, 6.07) is 7.47. The topological polar surface area (TPSA) is 66.4 Å². The number of hydrogen-bond acceptors (Lipinski definition) is 2. The van der Waals surface area contributed by atoms with Crippen LogP contribution in [0.4, 0.5) is 0 Å². The van der Waals surface area contributed by atoms with Gasteiger partial charge in [0.15, 0.2) is 0 Å². The lowest BCUT2D eigenvalue weighted by Gasteiger charge is -2.07. The lowest BCUT2D eigenvalue weighted by molar-refractivity contribution is -0.131. The molecule has 106 valence electrons. The van der Waals surface area contributed by atoms with Crippen LogP contribution in [0.15, 0.2) is 30.3 Å². The van der Waals surface area contributed by atoms with Crippen molar-refractivity contribution in [3.05, 3.63) is 41.5 Å². The van der Waals surface area contributed by atoms with Crippen LogP contribution < -0.4 is 5.32 Å². The van der Waals surface area contributed by atoms with Crippen LogP contribution >= 0.6 is 0 Å². The molecule has 0 aliphatic heterocycles. The monoisotopic (exact) mass is 273 g/mol. The van der Waals surface area contributed by atoms with E-state index in [-0.39, 0.29) is 17.2 Å². The minimum absolute atomic E-state index is 0.0986. The van der Waals surface area contributed by atoms with Crippen molar-refractivity contribution in [2.45, 2.75) is 26.8 Å². The van der Waals surface area contributed by atoms with E-state index in [1.54, 1.807) is 0 Å². The Balaban J connectivity index is 1.92. The normalized spacial score (nSPS) is 19.8. The molecule has 20 heavy (non-hydrogen) atoms. The standard InChI is InChI=1S/C16H19NO3/c1-16(2)9-13(16)15(20)17-10-12-5-3-4-11(8-12)6-7-14(18)19/h3-8,13H,9-10H2,1-2H3,(H,17,20)(H,18,19)/b7-6+. The first-order valence-corrected chi connectivity index (χ1v) is 6.66. The molecule has 0 heterocycles. The second kappa shape index (κ2) is 5.49. The highest BCUT2D eigenvalue weighted by Gasteiger charge is 2.50. The number of rotatable bonds is 5. The first kappa shape index (κ1) is 14.3. The first-order valence-electron chi connectivity index (χ1n) is 6.66. The zero-order valence-corrected chi connectivity index (χ0v) is 11.7. The predicted molar refractivity (Wildman–Crippen MR) is 76.8 cm³/mol. The Morgan fingerprint density at radius 1 is 1.45 bits per heavy atom. The van der Waals surface area contributed by atoms with Crippen LogP contribution in [0.25, 0.3) is 6.08 Å². The number of amides is 1. The van der Waals surface area contributed by atoms with E-state index in [4.69, 9.17) is 5.11 Å². The molecule has 1 fully saturated rings. The number of benzene rings is 1. The van der Waals surface area contributed by atoms with E-state index < -0.39 is 5.97 Å². The molecular formula is C16H19NO3. The number of carbonyl (C=O) groups excluding carboxylic acids is 1. The Hall–Kier alpha value is -2.10. The molecule has 1 saturated carbocycles. The summed E-state index contributed by atoms with van der Waals surface area (Å²) in [4.78, 5) is 22.4. The van der Waals surface area contributed by atoms with Gasteiger partial charge in [-0.25, -0.2) is 4.79 Å². The molecule has 0 radical (unpaired) electrons. The lowest BCUT2D eigenvalue weighted by Crippen LogP contribution is -2.26. The van der Waals surface area contributed by atoms with Gasteiger partial charge in [0, 0.05) is 18.5 Å². The van der Waals surface area contributed by atoms with Crippen molar-refractivity contribution in [1.29, 1.82) is 0 Å². The van der Waals surface area contributed by atoms with E-state index in [9.17, 15) is 9.59 Å². The quantitative estimate of drug-likeness (QED) is 0.810. The highest BCUT2D eigenvalue weighted by molar-refractivity contribution is 5.85. The summed E-state index contributed by atoms with van der Waals surface area (Å²) in [5.41, 5.74) is 1.91. The van der Waals surface area contributed by atoms with Crippen LogP contribution in [-0.2, 0) is 16.1 Å². The van der Waals surface area contributed by atoms with Crippen LogP contribution in [0.1, 0.15) is 31.4 Å². The fraction of sp³-hybridized carbons (Fsp3) is 0.375. The second-order valence-electron chi connectivity index (χ2n) is 5.88. The van der Waals surface area contributed by atoms with Crippen molar-refractivity contribution in [2.75, 3.05) is 0 Å². The molecule has 0 saturated heterocycles. The van der Waals surface area contributed by atoms with E-state index in [1.807, 2.05) is 24.3 Å². The maximum Gasteiger partial charge on any atom is 0.328 e. The molecule has 4 nitrogen and oxygen atoms in total. The van der Waals surface area contributed by atoms with Gasteiger partial charge < -0.3 is 10.4 Å². The molecule has 2 N–H and O–H groups in total. The van der Waals surface area contributed by atoms with Crippen molar-refractivity contribution in [2.24, 2.45) is 11.3 Å². The molecule has 2 rings (SSSR count). The number of carboxylic acid groups (broad SMARTS) is 1. The van der Waals surface area contributed by atoms with Gasteiger partial charge in [-0.1, -0.05) is 32.0 Å². The predicted octanol–water partition coefficient (Wildman–Crippen LogP) is 2.45. The van der Waals surface area contributed by atoms with Gasteiger partial charge in [-0.3, -0.25) is 4.79 Å². The van der Waals surface area contributed by atoms with Crippen molar-refractivity contribution in [1.82, 2.24) is 5.32 Å². The second-order valence-corrected chi connectivity index (χ2v) is 5.88. The fourth-order valence-corrected chi connectivity index (χ4v) is 2.20. The summed E-state index contributed by atoms with van der Waals surface area (Å²) in [5, 5.41) is 11.5. The van der Waals surface area contributed by atoms with Gasteiger partial charge in [0.2, 0.25) is 5.91 Å². The maximum absolute atomic E-state index is 11.9. The molecule has 1 unspecified atom stereocenters. The number of hydrogen-bond donors (Lipinski definition) is 2. The Kier molecular flexibility index (Phi) is 3.93. The van der Waals surface area contributed by atoms with Gasteiger partial charge in [-0.15, -0.1) is 0 Å². The van der Waals surface area contributed by atoms with Crippen LogP contribution in [0.5, 0.6) is 0 Å². The highest BCUT2D eigenvalue weighted by Crippen LogP contribution is 2.51. The molecule has 0 spiro atoms. The Labute approximate surface area is 118 Å². The van der Waals surface area contributed by atoms with Crippen LogP contribution in [0.3, 0.4) is 0 Å². The summed E-state index contributed by atoms with van der Waals surface area (Å²) in [6.45, 7) is 4.66. The molecule has 0 aromatic heterocycles. The van der Waals surface area contributed by atoms with E-state index >= 15 is 0 Å². The van der Waals surface area contributed by atoms with Gasteiger partial charge >= 0.3 is 5.97 Å². The third-order valence-corrected chi connectivity index (χ3v) is 3.67. The minimum Gasteiger partial charge on any atom is -0.478 e. The van der Waals surface area contributed by atoms with Crippen LogP contribution in [0, 0.1) is 11.3 Å². The molecule has 1 aliphatic rings. The molecule has 0 bridgehead atoms. The average molecular weight is 273 g/mol. The maximum atomic E-state index is 11.9. The summed E-state index contributed by atoms with van der Waals surface area (Å²) in [7, 11) is 0. The van der Waals surface area contributed by atoms with E-state index in [0.29, 0.717) is 6.54 Å². The van der Waals surface area contributed by atoms with E-state index in [0.717, 1.165) is 23.6 Å². The van der Waals surface area contributed by atoms with Crippen LogP contribution in [-0.4, -0.2) is 17.0 Å². The van der Waals surface area contributed by atoms with Gasteiger partial charge in [-0.05, 0) is 35.1 Å². The summed E-state index contributed by atoms with van der Waals surface area (Å²) >= 11 is 0. The third kappa shape index (κ3) is 3.70. The number of carboxylic acids is 1. The molecule has 1 amide bonds. The van der Waals surface area contributed by atoms with Crippen molar-refractivity contribution in [3.8, 4) is 0 Å². The zero-order chi connectivity index (χ0) is 14.8. The molecule has 1 aromatic rings. The minimum atomic E-state index is -0.973. The smallest absolute Gasteiger partial charge is 0.328 e. The zero-order valence-electron chi connectivity index (χ0n) is 11.7. The van der Waals surface area contributed by atoms with Gasteiger partial charge in [0.25, 0.3) is 0 Å². The third-order valence-electron chi connectivity index (χ3n) is 3.67. The average Bonchev–Trinajstić information content (AvgIpc) is 3.03. The van der Waals surface area contributed by atoms with Gasteiger partial charge in [-0.2, -0.15) is 0 Å². The highest BCUT2D eigenvalue weighted by atomic mass is 16.4. The van der Waals surface area contributed by atoms with Crippen LogP contribution in [0.2, 0.25) is 0 Å². The first-order chi connectivity index (χ1) is 9.38. The Bertz CT molecular complexity index is 561. The van der Waals surface area contributed by atoms with Gasteiger partial charge in [0.1, 0.15) is 0 Å². The fourth-order valence-electron chi connectivity index (χ4n) is 2.20. The summed E-state index contributed by atoms with van der Waals surface area (Å²) < 4.78 is 0. The molecule has 1 atom stereocenters. The van der Waals surface area contributed by atoms with Crippen molar-refractivity contribution in [3.63, 3.8) is 0 Å². The number of aliphatic carboxylic acids is 1.